The molecule has 51 heavy (non-hydrogen) atoms. The van der Waals surface area contributed by atoms with Crippen LogP contribution in [0.5, 0.6) is 0 Å². The molecule has 0 amide bonds. The monoisotopic (exact) mass is 655 g/mol. The molecule has 5 nitrogen and oxygen atoms in total. The molecule has 3 aromatic heterocycles. The van der Waals surface area contributed by atoms with Crippen molar-refractivity contribution in [2.75, 3.05) is 0 Å². The van der Waals surface area contributed by atoms with Crippen LogP contribution in [0, 0.1) is 0 Å². The molecule has 1 aliphatic rings. The van der Waals surface area contributed by atoms with Gasteiger partial charge in [-0.05, 0) is 74.0 Å². The standard InChI is InChI=1S/C46H33N5/c1-46(27-13-4-14-28-46)45-48-43(31-15-5-2-6-16-31)47-44(49-45)32-23-25-34(26-24-32)51-40-22-12-10-20-36(40)38-29-41-37(30-42(38)51)35-19-9-11-21-39(35)50(41)33-17-7-3-8-18-33/h2-27,29-30H,28H2,1H3. The lowest BCUT2D eigenvalue weighted by Crippen LogP contribution is -2.24. The largest absolute Gasteiger partial charge is 0.309 e. The van der Waals surface area contributed by atoms with Gasteiger partial charge in [-0.3, -0.25) is 0 Å². The molecule has 6 aromatic carbocycles. The van der Waals surface area contributed by atoms with Gasteiger partial charge in [-0.1, -0.05) is 109 Å². The number of para-hydroxylation sites is 3. The van der Waals surface area contributed by atoms with E-state index >= 15 is 0 Å². The summed E-state index contributed by atoms with van der Waals surface area (Å²) in [5.41, 5.74) is 8.60. The Labute approximate surface area is 295 Å². The van der Waals surface area contributed by atoms with Crippen molar-refractivity contribution in [3.8, 4) is 34.2 Å². The van der Waals surface area contributed by atoms with E-state index in [1.165, 1.54) is 43.6 Å². The van der Waals surface area contributed by atoms with Crippen molar-refractivity contribution >= 4 is 43.6 Å². The molecular formula is C46H33N5. The Morgan fingerprint density at radius 2 is 0.980 bits per heavy atom. The van der Waals surface area contributed by atoms with Crippen molar-refractivity contribution < 1.29 is 0 Å². The molecule has 5 heteroatoms. The lowest BCUT2D eigenvalue weighted by molar-refractivity contribution is 0.554. The Kier molecular flexibility index (Phi) is 6.61. The fourth-order valence-corrected chi connectivity index (χ4v) is 7.69. The molecule has 1 atom stereocenters. The highest BCUT2D eigenvalue weighted by molar-refractivity contribution is 6.19. The highest BCUT2D eigenvalue weighted by atomic mass is 15.0. The van der Waals surface area contributed by atoms with E-state index in [9.17, 15) is 0 Å². The second-order valence-corrected chi connectivity index (χ2v) is 13.6. The number of benzene rings is 6. The van der Waals surface area contributed by atoms with Crippen LogP contribution in [0.25, 0.3) is 77.8 Å². The Hall–Kier alpha value is -6.59. The average molecular weight is 656 g/mol. The van der Waals surface area contributed by atoms with Gasteiger partial charge in [-0.25, -0.2) is 15.0 Å². The van der Waals surface area contributed by atoms with Gasteiger partial charge in [-0.15, -0.1) is 0 Å². The van der Waals surface area contributed by atoms with E-state index < -0.39 is 0 Å². The molecule has 9 aromatic rings. The van der Waals surface area contributed by atoms with Crippen molar-refractivity contribution in [3.05, 3.63) is 176 Å². The first-order chi connectivity index (χ1) is 25.1. The molecule has 1 aliphatic carbocycles. The molecule has 0 spiro atoms. The highest BCUT2D eigenvalue weighted by Gasteiger charge is 2.29. The van der Waals surface area contributed by atoms with Crippen LogP contribution in [-0.4, -0.2) is 24.1 Å². The molecule has 0 N–H and O–H groups in total. The molecule has 10 rings (SSSR count). The number of nitrogens with zero attached hydrogens (tertiary/aromatic N) is 5. The minimum Gasteiger partial charge on any atom is -0.309 e. The first-order valence-electron chi connectivity index (χ1n) is 17.4. The third kappa shape index (κ3) is 4.73. The number of hydrogen-bond donors (Lipinski definition) is 0. The van der Waals surface area contributed by atoms with Crippen LogP contribution in [0.15, 0.2) is 170 Å². The Morgan fingerprint density at radius 3 is 1.55 bits per heavy atom. The zero-order valence-electron chi connectivity index (χ0n) is 28.1. The molecule has 0 saturated carbocycles. The van der Waals surface area contributed by atoms with Crippen molar-refractivity contribution in [2.24, 2.45) is 0 Å². The summed E-state index contributed by atoms with van der Waals surface area (Å²) < 4.78 is 4.77. The van der Waals surface area contributed by atoms with Gasteiger partial charge in [-0.2, -0.15) is 0 Å². The minimum atomic E-state index is -0.312. The number of aromatic nitrogens is 5. The second-order valence-electron chi connectivity index (χ2n) is 13.6. The van der Waals surface area contributed by atoms with E-state index in [2.05, 4.69) is 168 Å². The van der Waals surface area contributed by atoms with E-state index in [1.807, 2.05) is 18.2 Å². The topological polar surface area (TPSA) is 48.5 Å². The summed E-state index contributed by atoms with van der Waals surface area (Å²) in [5.74, 6) is 2.13. The van der Waals surface area contributed by atoms with Gasteiger partial charge >= 0.3 is 0 Å². The minimum absolute atomic E-state index is 0.312. The number of hydrogen-bond acceptors (Lipinski definition) is 3. The van der Waals surface area contributed by atoms with Gasteiger partial charge in [0.15, 0.2) is 11.6 Å². The lowest BCUT2D eigenvalue weighted by Gasteiger charge is -2.25. The van der Waals surface area contributed by atoms with Gasteiger partial charge in [0.05, 0.1) is 22.1 Å². The van der Waals surface area contributed by atoms with Crippen LogP contribution < -0.4 is 0 Å². The van der Waals surface area contributed by atoms with E-state index in [0.717, 1.165) is 34.7 Å². The Bertz CT molecular complexity index is 2820. The summed E-state index contributed by atoms with van der Waals surface area (Å²) in [4.78, 5) is 15.1. The van der Waals surface area contributed by atoms with Crippen molar-refractivity contribution in [2.45, 2.75) is 18.8 Å². The second kappa shape index (κ2) is 11.5. The van der Waals surface area contributed by atoms with E-state index in [0.29, 0.717) is 11.6 Å². The fourth-order valence-electron chi connectivity index (χ4n) is 7.69. The summed E-state index contributed by atoms with van der Waals surface area (Å²) in [6, 6.07) is 51.6. The SMILES string of the molecule is CC1(c2nc(-c3ccccc3)nc(-c3ccc(-n4c5ccccc5c5cc6c(cc54)c4ccccc4n6-c4ccccc4)cc3)n2)C=CC=CC1. The Morgan fingerprint density at radius 1 is 0.471 bits per heavy atom. The van der Waals surface area contributed by atoms with Crippen LogP contribution in [0.3, 0.4) is 0 Å². The normalized spacial score (nSPS) is 15.8. The quantitative estimate of drug-likeness (QED) is 0.185. The number of rotatable bonds is 5. The fraction of sp³-hybridized carbons (Fsp3) is 0.0652. The third-order valence-electron chi connectivity index (χ3n) is 10.3. The lowest BCUT2D eigenvalue weighted by atomic mass is 9.83. The predicted octanol–water partition coefficient (Wildman–Crippen LogP) is 11.2. The molecule has 0 radical (unpaired) electrons. The Balaban J connectivity index is 1.15. The van der Waals surface area contributed by atoms with Gasteiger partial charge in [0.1, 0.15) is 5.82 Å². The van der Waals surface area contributed by atoms with E-state index in [4.69, 9.17) is 15.0 Å². The van der Waals surface area contributed by atoms with Gasteiger partial charge in [0.25, 0.3) is 0 Å². The molecule has 0 saturated heterocycles. The molecule has 0 aliphatic heterocycles. The van der Waals surface area contributed by atoms with E-state index in [1.54, 1.807) is 0 Å². The van der Waals surface area contributed by atoms with Gasteiger partial charge in [0, 0.05) is 49.5 Å². The summed E-state index contributed by atoms with van der Waals surface area (Å²) >= 11 is 0. The summed E-state index contributed by atoms with van der Waals surface area (Å²) in [5, 5.41) is 4.91. The highest BCUT2D eigenvalue weighted by Crippen LogP contribution is 2.40. The van der Waals surface area contributed by atoms with Crippen LogP contribution in [0.1, 0.15) is 19.2 Å². The molecule has 0 bridgehead atoms. The maximum absolute atomic E-state index is 5.09. The maximum atomic E-state index is 5.09. The molecule has 0 fully saturated rings. The molecule has 3 heterocycles. The van der Waals surface area contributed by atoms with E-state index in [-0.39, 0.29) is 5.41 Å². The summed E-state index contributed by atoms with van der Waals surface area (Å²) in [6.45, 7) is 2.19. The van der Waals surface area contributed by atoms with Crippen LogP contribution >= 0.6 is 0 Å². The maximum Gasteiger partial charge on any atom is 0.163 e. The number of fused-ring (bicyclic) bond motifs is 6. The third-order valence-corrected chi connectivity index (χ3v) is 10.3. The number of allylic oxidation sites excluding steroid dienone is 4. The zero-order chi connectivity index (χ0) is 33.9. The van der Waals surface area contributed by atoms with Crippen LogP contribution in [0.2, 0.25) is 0 Å². The summed E-state index contributed by atoms with van der Waals surface area (Å²) in [6.07, 6.45) is 9.38. The average Bonchev–Trinajstić information content (AvgIpc) is 3.70. The van der Waals surface area contributed by atoms with Crippen molar-refractivity contribution in [1.29, 1.82) is 0 Å². The van der Waals surface area contributed by atoms with Crippen molar-refractivity contribution in [3.63, 3.8) is 0 Å². The van der Waals surface area contributed by atoms with Crippen LogP contribution in [0.4, 0.5) is 0 Å². The van der Waals surface area contributed by atoms with Crippen molar-refractivity contribution in [1.82, 2.24) is 24.1 Å². The molecule has 242 valence electrons. The zero-order valence-corrected chi connectivity index (χ0v) is 28.1. The van der Waals surface area contributed by atoms with Gasteiger partial charge in [0.2, 0.25) is 0 Å². The predicted molar refractivity (Wildman–Crippen MR) is 210 cm³/mol. The van der Waals surface area contributed by atoms with Crippen LogP contribution in [-0.2, 0) is 5.41 Å². The summed E-state index contributed by atoms with van der Waals surface area (Å²) in [7, 11) is 0. The first-order valence-corrected chi connectivity index (χ1v) is 17.4. The molecular weight excluding hydrogens is 623 g/mol. The first kappa shape index (κ1) is 29.3. The molecule has 1 unspecified atom stereocenters. The van der Waals surface area contributed by atoms with Gasteiger partial charge < -0.3 is 9.13 Å². The smallest absolute Gasteiger partial charge is 0.163 e.